The van der Waals surface area contributed by atoms with Crippen LogP contribution < -0.4 is 10.6 Å². The fraction of sp³-hybridized carbons (Fsp3) is 0.118. The topological polar surface area (TPSA) is 95.5 Å². The minimum atomic E-state index is -1.03. The zero-order valence-electron chi connectivity index (χ0n) is 12.6. The van der Waals surface area contributed by atoms with E-state index in [1.54, 1.807) is 48.5 Å². The van der Waals surface area contributed by atoms with Gasteiger partial charge in [0.15, 0.2) is 0 Å². The van der Waals surface area contributed by atoms with Crippen LogP contribution in [0.25, 0.3) is 0 Å². The quantitative estimate of drug-likeness (QED) is 0.702. The highest BCUT2D eigenvalue weighted by molar-refractivity contribution is 9.10. The second-order valence-electron chi connectivity index (χ2n) is 4.98. The molecular weight excluding hydrogens is 376 g/mol. The summed E-state index contributed by atoms with van der Waals surface area (Å²) in [6, 6.07) is 13.6. The summed E-state index contributed by atoms with van der Waals surface area (Å²) in [6.07, 6.45) is -0.337. The Morgan fingerprint density at radius 2 is 1.54 bits per heavy atom. The van der Waals surface area contributed by atoms with Crippen LogP contribution in [0.1, 0.15) is 23.2 Å². The third kappa shape index (κ3) is 5.51. The van der Waals surface area contributed by atoms with Crippen LogP contribution in [-0.2, 0) is 9.59 Å². The molecule has 0 aromatic heterocycles. The van der Waals surface area contributed by atoms with Gasteiger partial charge in [-0.05, 0) is 42.5 Å². The molecule has 0 aliphatic heterocycles. The second kappa shape index (κ2) is 8.26. The molecule has 0 aliphatic carbocycles. The summed E-state index contributed by atoms with van der Waals surface area (Å²) in [7, 11) is 0. The van der Waals surface area contributed by atoms with Gasteiger partial charge in [-0.1, -0.05) is 22.0 Å². The van der Waals surface area contributed by atoms with Crippen LogP contribution >= 0.6 is 15.9 Å². The van der Waals surface area contributed by atoms with E-state index in [2.05, 4.69) is 26.6 Å². The number of halogens is 1. The van der Waals surface area contributed by atoms with Gasteiger partial charge in [-0.15, -0.1) is 0 Å². The van der Waals surface area contributed by atoms with E-state index in [-0.39, 0.29) is 18.7 Å². The van der Waals surface area contributed by atoms with Crippen LogP contribution in [0.3, 0.4) is 0 Å². The lowest BCUT2D eigenvalue weighted by Gasteiger charge is -2.09. The van der Waals surface area contributed by atoms with Gasteiger partial charge in [0.2, 0.25) is 5.91 Å². The first-order valence-electron chi connectivity index (χ1n) is 7.12. The van der Waals surface area contributed by atoms with E-state index in [1.807, 2.05) is 0 Å². The zero-order valence-corrected chi connectivity index (χ0v) is 14.2. The Kier molecular flexibility index (Phi) is 6.08. The molecule has 0 fully saturated rings. The fourth-order valence-electron chi connectivity index (χ4n) is 1.92. The van der Waals surface area contributed by atoms with Crippen molar-refractivity contribution < 1.29 is 19.5 Å². The Labute approximate surface area is 147 Å². The maximum absolute atomic E-state index is 12.2. The number of anilines is 2. The number of amides is 2. The number of nitrogens with one attached hydrogen (secondary N) is 2. The number of carboxylic acid groups (broad SMARTS) is 1. The first-order chi connectivity index (χ1) is 11.4. The van der Waals surface area contributed by atoms with Crippen LogP contribution in [0, 0.1) is 0 Å². The van der Waals surface area contributed by atoms with Gasteiger partial charge < -0.3 is 15.7 Å². The van der Waals surface area contributed by atoms with Crippen LogP contribution in [-0.4, -0.2) is 22.9 Å². The summed E-state index contributed by atoms with van der Waals surface area (Å²) in [5.41, 5.74) is 1.52. The Morgan fingerprint density at radius 3 is 2.17 bits per heavy atom. The molecule has 2 rings (SSSR count). The van der Waals surface area contributed by atoms with Crippen molar-refractivity contribution in [2.45, 2.75) is 12.8 Å². The molecule has 6 nitrogen and oxygen atoms in total. The molecule has 2 aromatic carbocycles. The smallest absolute Gasteiger partial charge is 0.303 e. The van der Waals surface area contributed by atoms with Gasteiger partial charge in [0.1, 0.15) is 0 Å². The number of hydrogen-bond acceptors (Lipinski definition) is 3. The zero-order chi connectivity index (χ0) is 17.5. The van der Waals surface area contributed by atoms with Crippen molar-refractivity contribution in [1.29, 1.82) is 0 Å². The van der Waals surface area contributed by atoms with Crippen LogP contribution in [0.4, 0.5) is 11.4 Å². The van der Waals surface area contributed by atoms with E-state index in [9.17, 15) is 14.4 Å². The molecule has 7 heteroatoms. The lowest BCUT2D eigenvalue weighted by molar-refractivity contribution is -0.138. The lowest BCUT2D eigenvalue weighted by Crippen LogP contribution is -2.14. The highest BCUT2D eigenvalue weighted by Crippen LogP contribution is 2.17. The molecule has 0 saturated carbocycles. The van der Waals surface area contributed by atoms with Crippen molar-refractivity contribution in [1.82, 2.24) is 0 Å². The first-order valence-corrected chi connectivity index (χ1v) is 7.92. The van der Waals surface area contributed by atoms with Crippen LogP contribution in [0.2, 0.25) is 0 Å². The second-order valence-corrected chi connectivity index (χ2v) is 5.90. The largest absolute Gasteiger partial charge is 0.481 e. The molecule has 0 unspecified atom stereocenters. The lowest BCUT2D eigenvalue weighted by atomic mass is 10.2. The molecule has 0 spiro atoms. The van der Waals surface area contributed by atoms with Crippen molar-refractivity contribution in [3.05, 3.63) is 58.6 Å². The molecule has 0 bridgehead atoms. The van der Waals surface area contributed by atoms with E-state index >= 15 is 0 Å². The Balaban J connectivity index is 1.99. The number of hydrogen-bond donors (Lipinski definition) is 3. The molecule has 124 valence electrons. The van der Waals surface area contributed by atoms with Gasteiger partial charge >= 0.3 is 5.97 Å². The standard InChI is InChI=1S/C17H15BrN2O4/c18-12-6-4-11(5-7-12)17(24)20-14-3-1-2-13(10-14)19-15(21)8-9-16(22)23/h1-7,10H,8-9H2,(H,19,21)(H,20,24)(H,22,23). The first kappa shape index (κ1) is 17.7. The van der Waals surface area contributed by atoms with E-state index in [4.69, 9.17) is 5.11 Å². The van der Waals surface area contributed by atoms with Gasteiger partial charge in [-0.2, -0.15) is 0 Å². The highest BCUT2D eigenvalue weighted by atomic mass is 79.9. The number of carboxylic acids is 1. The van der Waals surface area contributed by atoms with Crippen molar-refractivity contribution >= 4 is 45.1 Å². The minimum absolute atomic E-state index is 0.106. The van der Waals surface area contributed by atoms with E-state index < -0.39 is 11.9 Å². The monoisotopic (exact) mass is 390 g/mol. The number of carbonyl (C=O) groups excluding carboxylic acids is 2. The van der Waals surface area contributed by atoms with E-state index in [1.165, 1.54) is 0 Å². The third-order valence-electron chi connectivity index (χ3n) is 3.08. The average molecular weight is 391 g/mol. The normalized spacial score (nSPS) is 10.0. The van der Waals surface area contributed by atoms with Gasteiger partial charge in [-0.3, -0.25) is 14.4 Å². The Hall–Kier alpha value is -2.67. The van der Waals surface area contributed by atoms with Crippen LogP contribution in [0.5, 0.6) is 0 Å². The average Bonchev–Trinajstić information content (AvgIpc) is 2.54. The number of benzene rings is 2. The maximum atomic E-state index is 12.2. The summed E-state index contributed by atoms with van der Waals surface area (Å²) in [5, 5.41) is 13.9. The molecule has 0 atom stereocenters. The van der Waals surface area contributed by atoms with E-state index in [0.29, 0.717) is 16.9 Å². The molecule has 3 N–H and O–H groups in total. The van der Waals surface area contributed by atoms with E-state index in [0.717, 1.165) is 4.47 Å². The van der Waals surface area contributed by atoms with Crippen molar-refractivity contribution in [2.75, 3.05) is 10.6 Å². The maximum Gasteiger partial charge on any atom is 0.303 e. The molecule has 24 heavy (non-hydrogen) atoms. The summed E-state index contributed by atoms with van der Waals surface area (Å²) in [6.45, 7) is 0. The SMILES string of the molecule is O=C(O)CCC(=O)Nc1cccc(NC(=O)c2ccc(Br)cc2)c1. The third-order valence-corrected chi connectivity index (χ3v) is 3.61. The predicted octanol–water partition coefficient (Wildman–Crippen LogP) is 3.50. The van der Waals surface area contributed by atoms with Crippen LogP contribution in [0.15, 0.2) is 53.0 Å². The minimum Gasteiger partial charge on any atom is -0.481 e. The predicted molar refractivity (Wildman–Crippen MR) is 94.0 cm³/mol. The molecule has 0 heterocycles. The highest BCUT2D eigenvalue weighted by Gasteiger charge is 2.08. The van der Waals surface area contributed by atoms with Gasteiger partial charge in [0.25, 0.3) is 5.91 Å². The van der Waals surface area contributed by atoms with Crippen molar-refractivity contribution in [3.8, 4) is 0 Å². The summed E-state index contributed by atoms with van der Waals surface area (Å²) >= 11 is 3.31. The number of aliphatic carboxylic acids is 1. The number of carbonyl (C=O) groups is 3. The molecule has 2 aromatic rings. The molecule has 0 aliphatic rings. The fourth-order valence-corrected chi connectivity index (χ4v) is 2.19. The summed E-state index contributed by atoms with van der Waals surface area (Å²) in [5.74, 6) is -1.69. The van der Waals surface area contributed by atoms with Crippen molar-refractivity contribution in [2.24, 2.45) is 0 Å². The molecule has 0 saturated heterocycles. The van der Waals surface area contributed by atoms with Crippen molar-refractivity contribution in [3.63, 3.8) is 0 Å². The molecule has 2 amide bonds. The molecular formula is C17H15BrN2O4. The molecule has 0 radical (unpaired) electrons. The summed E-state index contributed by atoms with van der Waals surface area (Å²) < 4.78 is 0.880. The van der Waals surface area contributed by atoms with Gasteiger partial charge in [-0.25, -0.2) is 0 Å². The Morgan fingerprint density at radius 1 is 0.917 bits per heavy atom. The summed E-state index contributed by atoms with van der Waals surface area (Å²) in [4.78, 5) is 34.3. The number of rotatable bonds is 6. The van der Waals surface area contributed by atoms with Gasteiger partial charge in [0, 0.05) is 27.8 Å². The van der Waals surface area contributed by atoms with Gasteiger partial charge in [0.05, 0.1) is 6.42 Å². The Bertz CT molecular complexity index is 759.